The van der Waals surface area contributed by atoms with Gasteiger partial charge in [-0.2, -0.15) is 0 Å². The lowest BCUT2D eigenvalue weighted by Gasteiger charge is -2.43. The summed E-state index contributed by atoms with van der Waals surface area (Å²) in [5, 5.41) is 0.154. The van der Waals surface area contributed by atoms with Gasteiger partial charge in [0.15, 0.2) is 14.9 Å². The second-order valence-electron chi connectivity index (χ2n) is 6.21. The van der Waals surface area contributed by atoms with Crippen molar-refractivity contribution >= 4 is 15.7 Å². The molecule has 1 atom stereocenters. The Balaban J connectivity index is 2.29. The SMILES string of the molecule is CC1CCN(c2cccc(S(C)(=O)=O)n2)CC1(C)C. The van der Waals surface area contributed by atoms with Crippen LogP contribution in [0.2, 0.25) is 0 Å². The molecule has 4 nitrogen and oxygen atoms in total. The molecule has 1 aliphatic rings. The molecule has 1 aromatic rings. The van der Waals surface area contributed by atoms with Gasteiger partial charge >= 0.3 is 0 Å². The average Bonchev–Trinajstić information content (AvgIpc) is 2.32. The van der Waals surface area contributed by atoms with Crippen molar-refractivity contribution in [3.63, 3.8) is 0 Å². The molecule has 0 aliphatic carbocycles. The van der Waals surface area contributed by atoms with E-state index in [0.717, 1.165) is 25.3 Å². The molecule has 1 aliphatic heterocycles. The van der Waals surface area contributed by atoms with Crippen LogP contribution < -0.4 is 4.90 Å². The summed E-state index contributed by atoms with van der Waals surface area (Å²) < 4.78 is 23.1. The monoisotopic (exact) mass is 282 g/mol. The summed E-state index contributed by atoms with van der Waals surface area (Å²) in [4.78, 5) is 6.49. The summed E-state index contributed by atoms with van der Waals surface area (Å²) in [6.07, 6.45) is 2.30. The Morgan fingerprint density at radius 2 is 2.05 bits per heavy atom. The predicted molar refractivity (Wildman–Crippen MR) is 77.1 cm³/mol. The number of sulfone groups is 1. The highest BCUT2D eigenvalue weighted by Crippen LogP contribution is 2.35. The van der Waals surface area contributed by atoms with Gasteiger partial charge in [-0.1, -0.05) is 26.8 Å². The summed E-state index contributed by atoms with van der Waals surface area (Å²) >= 11 is 0. The van der Waals surface area contributed by atoms with Crippen LogP contribution in [0.3, 0.4) is 0 Å². The fraction of sp³-hybridized carbons (Fsp3) is 0.643. The van der Waals surface area contributed by atoms with Gasteiger partial charge in [-0.05, 0) is 29.9 Å². The standard InChI is InChI=1S/C14H22N2O2S/c1-11-8-9-16(10-14(11,2)3)12-6-5-7-13(15-12)19(4,17)18/h5-7,11H,8-10H2,1-4H3. The Morgan fingerprint density at radius 3 is 2.63 bits per heavy atom. The van der Waals surface area contributed by atoms with Crippen LogP contribution >= 0.6 is 0 Å². The van der Waals surface area contributed by atoms with Crippen molar-refractivity contribution < 1.29 is 8.42 Å². The van der Waals surface area contributed by atoms with E-state index in [0.29, 0.717) is 5.92 Å². The van der Waals surface area contributed by atoms with Crippen molar-refractivity contribution in [2.75, 3.05) is 24.2 Å². The van der Waals surface area contributed by atoms with E-state index in [9.17, 15) is 8.42 Å². The molecule has 5 heteroatoms. The molecule has 0 radical (unpaired) electrons. The zero-order valence-electron chi connectivity index (χ0n) is 12.0. The molecular formula is C14H22N2O2S. The third-order valence-electron chi connectivity index (χ3n) is 4.18. The van der Waals surface area contributed by atoms with Gasteiger partial charge in [0, 0.05) is 19.3 Å². The fourth-order valence-electron chi connectivity index (χ4n) is 2.45. The van der Waals surface area contributed by atoms with Crippen LogP contribution in [0.4, 0.5) is 5.82 Å². The number of pyridine rings is 1. The Labute approximate surface area is 115 Å². The summed E-state index contributed by atoms with van der Waals surface area (Å²) in [7, 11) is -3.24. The summed E-state index contributed by atoms with van der Waals surface area (Å²) in [6, 6.07) is 5.21. The van der Waals surface area contributed by atoms with Crippen LogP contribution in [0.5, 0.6) is 0 Å². The van der Waals surface area contributed by atoms with Gasteiger partial charge in [-0.3, -0.25) is 0 Å². The molecule has 1 unspecified atom stereocenters. The predicted octanol–water partition coefficient (Wildman–Crippen LogP) is 2.36. The van der Waals surface area contributed by atoms with Crippen LogP contribution in [0.15, 0.2) is 23.2 Å². The zero-order valence-corrected chi connectivity index (χ0v) is 12.9. The lowest BCUT2D eigenvalue weighted by atomic mass is 9.75. The molecule has 2 rings (SSSR count). The van der Waals surface area contributed by atoms with Crippen LogP contribution in [-0.4, -0.2) is 32.7 Å². The molecule has 0 spiro atoms. The first-order valence-electron chi connectivity index (χ1n) is 6.62. The number of hydrogen-bond acceptors (Lipinski definition) is 4. The maximum Gasteiger partial charge on any atom is 0.192 e. The molecule has 1 saturated heterocycles. The molecule has 0 bridgehead atoms. The van der Waals surface area contributed by atoms with Crippen molar-refractivity contribution in [3.8, 4) is 0 Å². The van der Waals surface area contributed by atoms with E-state index in [1.54, 1.807) is 12.1 Å². The number of hydrogen-bond donors (Lipinski definition) is 0. The molecule has 0 saturated carbocycles. The molecule has 106 valence electrons. The van der Waals surface area contributed by atoms with Gasteiger partial charge in [0.1, 0.15) is 5.82 Å². The highest BCUT2D eigenvalue weighted by atomic mass is 32.2. The maximum atomic E-state index is 11.6. The lowest BCUT2D eigenvalue weighted by Crippen LogP contribution is -2.45. The summed E-state index contributed by atoms with van der Waals surface area (Å²) in [5.74, 6) is 1.43. The highest BCUT2D eigenvalue weighted by molar-refractivity contribution is 7.90. The molecule has 19 heavy (non-hydrogen) atoms. The van der Waals surface area contributed by atoms with Gasteiger partial charge in [0.25, 0.3) is 0 Å². The van der Waals surface area contributed by atoms with Gasteiger partial charge in [-0.15, -0.1) is 0 Å². The first-order valence-corrected chi connectivity index (χ1v) is 8.51. The molecule has 0 amide bonds. The maximum absolute atomic E-state index is 11.6. The van der Waals surface area contributed by atoms with Crippen molar-refractivity contribution in [3.05, 3.63) is 18.2 Å². The summed E-state index contributed by atoms with van der Waals surface area (Å²) in [5.41, 5.74) is 0.223. The van der Waals surface area contributed by atoms with E-state index in [2.05, 4.69) is 30.7 Å². The minimum absolute atomic E-state index is 0.154. The van der Waals surface area contributed by atoms with Crippen molar-refractivity contribution in [1.82, 2.24) is 4.98 Å². The Morgan fingerprint density at radius 1 is 1.37 bits per heavy atom. The normalized spacial score (nSPS) is 23.4. The van der Waals surface area contributed by atoms with E-state index in [1.165, 1.54) is 6.26 Å². The molecule has 0 aromatic carbocycles. The van der Waals surface area contributed by atoms with Gasteiger partial charge in [0.05, 0.1) is 0 Å². The summed E-state index contributed by atoms with van der Waals surface area (Å²) in [6.45, 7) is 8.63. The second kappa shape index (κ2) is 4.78. The third kappa shape index (κ3) is 3.08. The van der Waals surface area contributed by atoms with Crippen LogP contribution in [0, 0.1) is 11.3 Å². The fourth-order valence-corrected chi connectivity index (χ4v) is 3.03. The molecule has 1 aromatic heterocycles. The Bertz CT molecular complexity index is 567. The molecular weight excluding hydrogens is 260 g/mol. The molecule has 2 heterocycles. The molecule has 0 N–H and O–H groups in total. The average molecular weight is 282 g/mol. The minimum atomic E-state index is -3.24. The van der Waals surface area contributed by atoms with Crippen LogP contribution in [0.1, 0.15) is 27.2 Å². The Kier molecular flexibility index (Phi) is 3.60. The smallest absolute Gasteiger partial charge is 0.192 e. The quantitative estimate of drug-likeness (QED) is 0.835. The van der Waals surface area contributed by atoms with Crippen molar-refractivity contribution in [2.24, 2.45) is 11.3 Å². The molecule has 1 fully saturated rings. The number of nitrogens with zero attached hydrogens (tertiary/aromatic N) is 2. The van der Waals surface area contributed by atoms with Crippen molar-refractivity contribution in [1.29, 1.82) is 0 Å². The first kappa shape index (κ1) is 14.3. The van der Waals surface area contributed by atoms with Gasteiger partial charge in [-0.25, -0.2) is 13.4 Å². The number of rotatable bonds is 2. The van der Waals surface area contributed by atoms with E-state index in [-0.39, 0.29) is 10.4 Å². The van der Waals surface area contributed by atoms with E-state index in [1.807, 2.05) is 6.07 Å². The highest BCUT2D eigenvalue weighted by Gasteiger charge is 2.33. The number of piperidine rings is 1. The van der Waals surface area contributed by atoms with Gasteiger partial charge < -0.3 is 4.90 Å². The topological polar surface area (TPSA) is 50.3 Å². The second-order valence-corrected chi connectivity index (χ2v) is 8.17. The largest absolute Gasteiger partial charge is 0.356 e. The van der Waals surface area contributed by atoms with E-state index >= 15 is 0 Å². The Hall–Kier alpha value is -1.10. The third-order valence-corrected chi connectivity index (χ3v) is 5.16. The van der Waals surface area contributed by atoms with E-state index < -0.39 is 9.84 Å². The van der Waals surface area contributed by atoms with Gasteiger partial charge in [0.2, 0.25) is 0 Å². The van der Waals surface area contributed by atoms with E-state index in [4.69, 9.17) is 0 Å². The first-order chi connectivity index (χ1) is 8.70. The minimum Gasteiger partial charge on any atom is -0.356 e. The number of aromatic nitrogens is 1. The lowest BCUT2D eigenvalue weighted by molar-refractivity contribution is 0.193. The van der Waals surface area contributed by atoms with Crippen LogP contribution in [0.25, 0.3) is 0 Å². The number of anilines is 1. The zero-order chi connectivity index (χ0) is 14.3. The van der Waals surface area contributed by atoms with Crippen molar-refractivity contribution in [2.45, 2.75) is 32.2 Å². The van der Waals surface area contributed by atoms with Crippen LogP contribution in [-0.2, 0) is 9.84 Å².